The maximum absolute atomic E-state index is 6.63. The van der Waals surface area contributed by atoms with Gasteiger partial charge in [0, 0.05) is 0 Å². The molecule has 0 aliphatic heterocycles. The third kappa shape index (κ3) is 5.65. The lowest BCUT2D eigenvalue weighted by molar-refractivity contribution is 0.311. The molecule has 5 heteroatoms. The first-order valence-electron chi connectivity index (χ1n) is 6.17. The highest BCUT2D eigenvalue weighted by molar-refractivity contribution is 6.87. The molecule has 0 atom stereocenters. The van der Waals surface area contributed by atoms with Crippen LogP contribution in [0.15, 0.2) is 0 Å². The average Bonchev–Trinajstić information content (AvgIpc) is 2.01. The van der Waals surface area contributed by atoms with Gasteiger partial charge in [0.05, 0.1) is 0 Å². The van der Waals surface area contributed by atoms with Crippen LogP contribution < -0.4 is 5.90 Å². The Bertz CT molecular complexity index is 204. The van der Waals surface area contributed by atoms with E-state index in [0.29, 0.717) is 10.1 Å². The summed E-state index contributed by atoms with van der Waals surface area (Å²) in [6.45, 7) is 23.3. The van der Waals surface area contributed by atoms with E-state index in [0.717, 1.165) is 0 Å². The number of hydrogen-bond donors (Lipinski definition) is 2. The van der Waals surface area contributed by atoms with E-state index in [1.54, 1.807) is 0 Å². The second-order valence-corrected chi connectivity index (χ2v) is 17.5. The first kappa shape index (κ1) is 19.6. The van der Waals surface area contributed by atoms with Crippen molar-refractivity contribution in [2.24, 2.45) is 5.90 Å². The van der Waals surface area contributed by atoms with E-state index in [4.69, 9.17) is 9.32 Å². The van der Waals surface area contributed by atoms with Crippen LogP contribution in [0.5, 0.6) is 0 Å². The fourth-order valence-corrected chi connectivity index (χ4v) is 8.50. The SMILES string of the molecule is CC(C)(C)[Si](C)(C)O[Si](C)(C)C(C)(C)C.NO. The van der Waals surface area contributed by atoms with E-state index >= 15 is 0 Å². The quantitative estimate of drug-likeness (QED) is 0.584. The molecule has 3 N–H and O–H groups in total. The molecular weight excluding hydrogens is 246 g/mol. The summed E-state index contributed by atoms with van der Waals surface area (Å²) in [5, 5.41) is 7.14. The van der Waals surface area contributed by atoms with Crippen molar-refractivity contribution in [3.05, 3.63) is 0 Å². The van der Waals surface area contributed by atoms with Gasteiger partial charge in [0.1, 0.15) is 0 Å². The molecule has 0 fully saturated rings. The minimum atomic E-state index is -1.59. The Hall–Kier alpha value is 0.314. The van der Waals surface area contributed by atoms with Gasteiger partial charge in [-0.05, 0) is 36.3 Å². The van der Waals surface area contributed by atoms with Gasteiger partial charge in [-0.1, -0.05) is 41.5 Å². The molecule has 0 aliphatic rings. The lowest BCUT2D eigenvalue weighted by Gasteiger charge is -2.47. The maximum Gasteiger partial charge on any atom is 0.178 e. The topological polar surface area (TPSA) is 55.5 Å². The van der Waals surface area contributed by atoms with Gasteiger partial charge in [0.15, 0.2) is 16.6 Å². The molecular formula is C12H33NO2Si2. The molecule has 17 heavy (non-hydrogen) atoms. The van der Waals surface area contributed by atoms with Crippen molar-refractivity contribution in [1.29, 1.82) is 0 Å². The Morgan fingerprint density at radius 3 is 1.00 bits per heavy atom. The van der Waals surface area contributed by atoms with Crippen LogP contribution >= 0.6 is 0 Å². The van der Waals surface area contributed by atoms with Gasteiger partial charge in [-0.2, -0.15) is 0 Å². The van der Waals surface area contributed by atoms with Crippen LogP contribution in [-0.4, -0.2) is 21.8 Å². The first-order valence-corrected chi connectivity index (χ1v) is 12.0. The summed E-state index contributed by atoms with van der Waals surface area (Å²) in [6, 6.07) is 0. The van der Waals surface area contributed by atoms with Gasteiger partial charge in [-0.25, -0.2) is 5.90 Å². The van der Waals surface area contributed by atoms with Gasteiger partial charge in [0.25, 0.3) is 0 Å². The van der Waals surface area contributed by atoms with Crippen LogP contribution in [0.2, 0.25) is 36.3 Å². The molecule has 0 aromatic heterocycles. The third-order valence-corrected chi connectivity index (χ3v) is 15.4. The summed E-state index contributed by atoms with van der Waals surface area (Å²) in [6.07, 6.45) is 0. The third-order valence-electron chi connectivity index (χ3n) is 4.12. The summed E-state index contributed by atoms with van der Waals surface area (Å²) < 4.78 is 6.63. The second kappa shape index (κ2) is 5.97. The minimum Gasteiger partial charge on any atom is -0.455 e. The van der Waals surface area contributed by atoms with Crippen molar-refractivity contribution >= 4 is 16.6 Å². The first-order chi connectivity index (χ1) is 7.21. The molecule has 0 spiro atoms. The number of nitrogens with two attached hydrogens (primary N) is 1. The van der Waals surface area contributed by atoms with E-state index in [-0.39, 0.29) is 0 Å². The molecule has 0 aromatic carbocycles. The van der Waals surface area contributed by atoms with Gasteiger partial charge in [0.2, 0.25) is 0 Å². The maximum atomic E-state index is 6.63. The molecule has 0 saturated heterocycles. The number of hydrogen-bond acceptors (Lipinski definition) is 3. The largest absolute Gasteiger partial charge is 0.455 e. The van der Waals surface area contributed by atoms with E-state index in [2.05, 4.69) is 73.6 Å². The summed E-state index contributed by atoms with van der Waals surface area (Å²) in [4.78, 5) is 0. The van der Waals surface area contributed by atoms with Crippen LogP contribution in [0.3, 0.4) is 0 Å². The van der Waals surface area contributed by atoms with Crippen molar-refractivity contribution in [3.8, 4) is 0 Å². The number of rotatable bonds is 2. The zero-order valence-corrected chi connectivity index (χ0v) is 15.4. The van der Waals surface area contributed by atoms with Gasteiger partial charge in [-0.15, -0.1) is 0 Å². The highest BCUT2D eigenvalue weighted by atomic mass is 28.4. The van der Waals surface area contributed by atoms with E-state index in [1.165, 1.54) is 0 Å². The normalized spacial score (nSPS) is 14.1. The van der Waals surface area contributed by atoms with Crippen molar-refractivity contribution in [1.82, 2.24) is 0 Å². The van der Waals surface area contributed by atoms with Gasteiger partial charge < -0.3 is 9.32 Å². The van der Waals surface area contributed by atoms with Crippen molar-refractivity contribution in [3.63, 3.8) is 0 Å². The molecule has 0 saturated carbocycles. The Morgan fingerprint density at radius 2 is 0.882 bits per heavy atom. The lowest BCUT2D eigenvalue weighted by atomic mass is 10.2. The van der Waals surface area contributed by atoms with Crippen LogP contribution in [0, 0.1) is 0 Å². The summed E-state index contributed by atoms with van der Waals surface area (Å²) in [7, 11) is -3.18. The van der Waals surface area contributed by atoms with Crippen LogP contribution in [0.25, 0.3) is 0 Å². The van der Waals surface area contributed by atoms with Crippen molar-refractivity contribution < 1.29 is 9.32 Å². The highest BCUT2D eigenvalue weighted by Gasteiger charge is 2.46. The monoisotopic (exact) mass is 279 g/mol. The van der Waals surface area contributed by atoms with E-state index < -0.39 is 16.6 Å². The van der Waals surface area contributed by atoms with Crippen molar-refractivity contribution in [2.75, 3.05) is 0 Å². The minimum absolute atomic E-state index is 0.322. The zero-order chi connectivity index (χ0) is 14.7. The Morgan fingerprint density at radius 1 is 0.706 bits per heavy atom. The predicted octanol–water partition coefficient (Wildman–Crippen LogP) is 4.35. The molecule has 106 valence electrons. The summed E-state index contributed by atoms with van der Waals surface area (Å²) >= 11 is 0. The van der Waals surface area contributed by atoms with E-state index in [9.17, 15) is 0 Å². The molecule has 0 unspecified atom stereocenters. The molecule has 0 radical (unpaired) electrons. The fourth-order valence-electron chi connectivity index (χ4n) is 0.944. The molecule has 3 nitrogen and oxygen atoms in total. The van der Waals surface area contributed by atoms with Crippen LogP contribution in [-0.2, 0) is 4.12 Å². The smallest absolute Gasteiger partial charge is 0.178 e. The van der Waals surface area contributed by atoms with Crippen molar-refractivity contribution in [2.45, 2.75) is 77.8 Å². The fraction of sp³-hybridized carbons (Fsp3) is 1.00. The van der Waals surface area contributed by atoms with E-state index in [1.807, 2.05) is 0 Å². The molecule has 0 aliphatic carbocycles. The summed E-state index contributed by atoms with van der Waals surface area (Å²) in [5.41, 5.74) is 0. The van der Waals surface area contributed by atoms with Gasteiger partial charge in [-0.3, -0.25) is 0 Å². The van der Waals surface area contributed by atoms with Gasteiger partial charge >= 0.3 is 0 Å². The Kier molecular flexibility index (Phi) is 6.90. The molecule has 0 rings (SSSR count). The second-order valence-electron chi connectivity index (χ2n) is 7.62. The zero-order valence-electron chi connectivity index (χ0n) is 13.4. The standard InChI is InChI=1S/C12H30OSi2.H3NO/c1-11(2,3)14(7,8)13-15(9,10)12(4,5)6;1-2/h1-10H3;2H,1H2. The Labute approximate surface area is 110 Å². The predicted molar refractivity (Wildman–Crippen MR) is 81.5 cm³/mol. The summed E-state index contributed by atoms with van der Waals surface area (Å²) in [5.74, 6) is 3.50. The van der Waals surface area contributed by atoms with Crippen LogP contribution in [0.1, 0.15) is 41.5 Å². The highest BCUT2D eigenvalue weighted by Crippen LogP contribution is 2.44. The molecule has 0 heterocycles. The Balaban J connectivity index is 0. The van der Waals surface area contributed by atoms with Crippen LogP contribution in [0.4, 0.5) is 0 Å². The average molecular weight is 280 g/mol. The lowest BCUT2D eigenvalue weighted by Crippen LogP contribution is -2.53. The molecule has 0 amide bonds. The molecule has 0 bridgehead atoms. The molecule has 0 aromatic rings.